The lowest BCUT2D eigenvalue weighted by atomic mass is 10.1. The number of hydrogen-bond donors (Lipinski definition) is 1. The molecular weight excluding hydrogens is 287 g/mol. The van der Waals surface area contributed by atoms with E-state index >= 15 is 0 Å². The summed E-state index contributed by atoms with van der Waals surface area (Å²) in [6, 6.07) is 5.50. The van der Waals surface area contributed by atoms with Crippen molar-refractivity contribution in [3.8, 4) is 0 Å². The number of alkyl halides is 3. The van der Waals surface area contributed by atoms with Gasteiger partial charge in [-0.1, -0.05) is 32.0 Å². The summed E-state index contributed by atoms with van der Waals surface area (Å²) in [6.45, 7) is 3.88. The van der Waals surface area contributed by atoms with Gasteiger partial charge in [0.05, 0.1) is 12.1 Å². The fourth-order valence-corrected chi connectivity index (χ4v) is 2.23. The molecule has 0 radical (unpaired) electrons. The Morgan fingerprint density at radius 3 is 2.55 bits per heavy atom. The lowest BCUT2D eigenvalue weighted by Crippen LogP contribution is -2.13. The van der Waals surface area contributed by atoms with Crippen LogP contribution in [0.25, 0.3) is 0 Å². The third-order valence-electron chi connectivity index (χ3n) is 2.96. The van der Waals surface area contributed by atoms with Crippen LogP contribution >= 0.6 is 12.2 Å². The van der Waals surface area contributed by atoms with Crippen molar-refractivity contribution >= 4 is 12.2 Å². The molecule has 0 bridgehead atoms. The van der Waals surface area contributed by atoms with Crippen molar-refractivity contribution in [2.45, 2.75) is 32.5 Å². The van der Waals surface area contributed by atoms with E-state index in [1.54, 1.807) is 10.6 Å². The van der Waals surface area contributed by atoms with E-state index in [2.05, 4.69) is 10.2 Å². The molecule has 0 unspecified atom stereocenters. The predicted molar refractivity (Wildman–Crippen MR) is 72.0 cm³/mol. The van der Waals surface area contributed by atoms with E-state index in [-0.39, 0.29) is 18.0 Å². The molecule has 0 spiro atoms. The van der Waals surface area contributed by atoms with Crippen LogP contribution < -0.4 is 0 Å². The van der Waals surface area contributed by atoms with E-state index in [1.807, 2.05) is 13.8 Å². The number of nitrogens with one attached hydrogen (secondary N) is 1. The van der Waals surface area contributed by atoms with Gasteiger partial charge in [-0.3, -0.25) is 9.67 Å². The number of aromatic nitrogens is 3. The molecule has 0 fully saturated rings. The molecule has 0 aliphatic heterocycles. The Bertz CT molecular complexity index is 655. The van der Waals surface area contributed by atoms with E-state index in [4.69, 9.17) is 12.2 Å². The molecular formula is C13H14F3N3S. The highest BCUT2D eigenvalue weighted by atomic mass is 32.1. The first-order chi connectivity index (χ1) is 9.30. The van der Waals surface area contributed by atoms with Gasteiger partial charge in [0.1, 0.15) is 5.82 Å². The van der Waals surface area contributed by atoms with Gasteiger partial charge in [0.15, 0.2) is 4.77 Å². The van der Waals surface area contributed by atoms with Gasteiger partial charge in [0, 0.05) is 5.92 Å². The van der Waals surface area contributed by atoms with Crippen molar-refractivity contribution in [2.75, 3.05) is 0 Å². The summed E-state index contributed by atoms with van der Waals surface area (Å²) in [6.07, 6.45) is -4.37. The van der Waals surface area contributed by atoms with Crippen molar-refractivity contribution in [3.05, 3.63) is 46.0 Å². The Labute approximate surface area is 119 Å². The largest absolute Gasteiger partial charge is 0.416 e. The Morgan fingerprint density at radius 2 is 1.95 bits per heavy atom. The first-order valence-electron chi connectivity index (χ1n) is 6.11. The lowest BCUT2D eigenvalue weighted by Gasteiger charge is -2.14. The van der Waals surface area contributed by atoms with Gasteiger partial charge in [0.25, 0.3) is 0 Å². The maximum Gasteiger partial charge on any atom is 0.416 e. The van der Waals surface area contributed by atoms with E-state index in [1.165, 1.54) is 12.1 Å². The van der Waals surface area contributed by atoms with E-state index in [0.717, 1.165) is 6.07 Å². The summed E-state index contributed by atoms with van der Waals surface area (Å²) in [5.74, 6) is 0.716. The second-order valence-electron chi connectivity index (χ2n) is 4.78. The number of halogens is 3. The van der Waals surface area contributed by atoms with Gasteiger partial charge < -0.3 is 0 Å². The normalized spacial score (nSPS) is 12.1. The monoisotopic (exact) mass is 301 g/mol. The number of benzene rings is 1. The van der Waals surface area contributed by atoms with Crippen LogP contribution in [0.2, 0.25) is 0 Å². The summed E-state index contributed by atoms with van der Waals surface area (Å²) in [7, 11) is 0. The Hall–Kier alpha value is -1.63. The van der Waals surface area contributed by atoms with Gasteiger partial charge in [-0.05, 0) is 23.8 Å². The van der Waals surface area contributed by atoms with Crippen LogP contribution in [0.4, 0.5) is 13.2 Å². The Balaban J connectivity index is 2.46. The predicted octanol–water partition coefficient (Wildman–Crippen LogP) is 4.13. The molecule has 1 heterocycles. The lowest BCUT2D eigenvalue weighted by molar-refractivity contribution is -0.138. The zero-order chi connectivity index (χ0) is 14.9. The zero-order valence-corrected chi connectivity index (χ0v) is 11.8. The molecule has 0 atom stereocenters. The number of hydrogen-bond acceptors (Lipinski definition) is 2. The molecule has 20 heavy (non-hydrogen) atoms. The fraction of sp³-hybridized carbons (Fsp3) is 0.385. The minimum atomic E-state index is -4.37. The molecule has 1 aromatic carbocycles. The van der Waals surface area contributed by atoms with Gasteiger partial charge in [-0.2, -0.15) is 18.3 Å². The second kappa shape index (κ2) is 5.40. The summed E-state index contributed by atoms with van der Waals surface area (Å²) >= 11 is 5.09. The highest BCUT2D eigenvalue weighted by Crippen LogP contribution is 2.32. The van der Waals surface area contributed by atoms with Crippen LogP contribution in [0.15, 0.2) is 24.3 Å². The summed E-state index contributed by atoms with van der Waals surface area (Å²) in [5.41, 5.74) is -0.461. The van der Waals surface area contributed by atoms with Crippen molar-refractivity contribution in [3.63, 3.8) is 0 Å². The number of aromatic amines is 1. The van der Waals surface area contributed by atoms with Crippen LogP contribution in [0.5, 0.6) is 0 Å². The van der Waals surface area contributed by atoms with Crippen LogP contribution in [-0.4, -0.2) is 14.8 Å². The Morgan fingerprint density at radius 1 is 1.30 bits per heavy atom. The summed E-state index contributed by atoms with van der Waals surface area (Å²) in [4.78, 5) is 0. The van der Waals surface area contributed by atoms with Gasteiger partial charge in [-0.15, -0.1) is 0 Å². The maximum absolute atomic E-state index is 13.0. The summed E-state index contributed by atoms with van der Waals surface area (Å²) in [5, 5.41) is 6.70. The first kappa shape index (κ1) is 14.8. The fourth-order valence-electron chi connectivity index (χ4n) is 2.03. The Kier molecular flexibility index (Phi) is 3.99. The number of nitrogens with zero attached hydrogens (tertiary/aromatic N) is 2. The van der Waals surface area contributed by atoms with Crippen molar-refractivity contribution < 1.29 is 13.2 Å². The average Bonchev–Trinajstić information content (AvgIpc) is 2.71. The zero-order valence-electron chi connectivity index (χ0n) is 11.0. The molecule has 0 aliphatic carbocycles. The molecule has 3 nitrogen and oxygen atoms in total. The quantitative estimate of drug-likeness (QED) is 0.865. The molecule has 2 aromatic rings. The van der Waals surface area contributed by atoms with Crippen LogP contribution in [0.1, 0.15) is 36.7 Å². The molecule has 108 valence electrons. The highest BCUT2D eigenvalue weighted by molar-refractivity contribution is 7.71. The standard InChI is InChI=1S/C13H14F3N3S/c1-8(2)11-17-18-12(20)19(11)7-9-5-3-4-6-10(9)13(14,15)16/h3-6,8H,7H2,1-2H3,(H,18,20). The SMILES string of the molecule is CC(C)c1n[nH]c(=S)n1Cc1ccccc1C(F)(F)F. The van der Waals surface area contributed by atoms with Crippen molar-refractivity contribution in [2.24, 2.45) is 0 Å². The smallest absolute Gasteiger partial charge is 0.299 e. The highest BCUT2D eigenvalue weighted by Gasteiger charge is 2.33. The molecule has 0 saturated heterocycles. The van der Waals surface area contributed by atoms with Crippen LogP contribution in [0.3, 0.4) is 0 Å². The first-order valence-corrected chi connectivity index (χ1v) is 6.51. The molecule has 0 aliphatic rings. The molecule has 1 aromatic heterocycles. The molecule has 0 amide bonds. The topological polar surface area (TPSA) is 33.6 Å². The number of H-pyrrole nitrogens is 1. The summed E-state index contributed by atoms with van der Waals surface area (Å²) < 4.78 is 40.9. The molecule has 7 heteroatoms. The van der Waals surface area contributed by atoms with Gasteiger partial charge >= 0.3 is 6.18 Å². The van der Waals surface area contributed by atoms with E-state index < -0.39 is 11.7 Å². The third-order valence-corrected chi connectivity index (χ3v) is 3.27. The minimum Gasteiger partial charge on any atom is -0.299 e. The number of rotatable bonds is 3. The average molecular weight is 301 g/mol. The molecule has 2 rings (SSSR count). The van der Waals surface area contributed by atoms with E-state index in [0.29, 0.717) is 10.6 Å². The van der Waals surface area contributed by atoms with E-state index in [9.17, 15) is 13.2 Å². The second-order valence-corrected chi connectivity index (χ2v) is 5.17. The van der Waals surface area contributed by atoms with Crippen LogP contribution in [-0.2, 0) is 12.7 Å². The molecule has 0 saturated carbocycles. The molecule has 1 N–H and O–H groups in total. The minimum absolute atomic E-state index is 0.0541. The maximum atomic E-state index is 13.0. The van der Waals surface area contributed by atoms with Gasteiger partial charge in [0.2, 0.25) is 0 Å². The van der Waals surface area contributed by atoms with Crippen LogP contribution in [0, 0.1) is 4.77 Å². The van der Waals surface area contributed by atoms with Gasteiger partial charge in [-0.25, -0.2) is 0 Å². The third kappa shape index (κ3) is 2.92. The van der Waals surface area contributed by atoms with Crippen molar-refractivity contribution in [1.29, 1.82) is 0 Å². The van der Waals surface area contributed by atoms with Crippen molar-refractivity contribution in [1.82, 2.24) is 14.8 Å².